The fourth-order valence-corrected chi connectivity index (χ4v) is 2.38. The highest BCUT2D eigenvalue weighted by Crippen LogP contribution is 2.20. The Labute approximate surface area is 123 Å². The Kier molecular flexibility index (Phi) is 5.89. The number of rotatable bonds is 3. The molecule has 0 aliphatic carbocycles. The Bertz CT molecular complexity index is 482. The SMILES string of the molecule is CC(N)C1CCN(C(=O)Cc2ccc(F)cc2F)C1.Cl. The van der Waals surface area contributed by atoms with Gasteiger partial charge >= 0.3 is 0 Å². The van der Waals surface area contributed by atoms with Gasteiger partial charge in [0.25, 0.3) is 0 Å². The van der Waals surface area contributed by atoms with Crippen LogP contribution >= 0.6 is 12.4 Å². The second-order valence-corrected chi connectivity index (χ2v) is 5.16. The quantitative estimate of drug-likeness (QED) is 0.930. The minimum Gasteiger partial charge on any atom is -0.342 e. The third-order valence-corrected chi connectivity index (χ3v) is 3.68. The first-order chi connectivity index (χ1) is 8.97. The van der Waals surface area contributed by atoms with E-state index in [0.29, 0.717) is 19.0 Å². The van der Waals surface area contributed by atoms with Gasteiger partial charge in [-0.25, -0.2) is 8.78 Å². The van der Waals surface area contributed by atoms with Crippen molar-refractivity contribution in [3.05, 3.63) is 35.4 Å². The molecule has 1 aromatic carbocycles. The van der Waals surface area contributed by atoms with E-state index in [4.69, 9.17) is 5.73 Å². The molecule has 0 radical (unpaired) electrons. The topological polar surface area (TPSA) is 46.3 Å². The third-order valence-electron chi connectivity index (χ3n) is 3.68. The van der Waals surface area contributed by atoms with Crippen LogP contribution in [0.5, 0.6) is 0 Å². The summed E-state index contributed by atoms with van der Waals surface area (Å²) in [5.41, 5.74) is 6.05. The van der Waals surface area contributed by atoms with E-state index >= 15 is 0 Å². The van der Waals surface area contributed by atoms with Gasteiger partial charge in [-0.2, -0.15) is 0 Å². The predicted molar refractivity (Wildman–Crippen MR) is 75.6 cm³/mol. The minimum absolute atomic E-state index is 0. The maximum absolute atomic E-state index is 13.5. The maximum atomic E-state index is 13.5. The number of halogens is 3. The molecule has 20 heavy (non-hydrogen) atoms. The van der Waals surface area contributed by atoms with Gasteiger partial charge in [-0.3, -0.25) is 4.79 Å². The minimum atomic E-state index is -0.670. The van der Waals surface area contributed by atoms with E-state index in [2.05, 4.69) is 0 Å². The zero-order chi connectivity index (χ0) is 14.0. The Balaban J connectivity index is 0.00000200. The summed E-state index contributed by atoms with van der Waals surface area (Å²) in [6, 6.07) is 3.35. The van der Waals surface area contributed by atoms with Crippen LogP contribution in [-0.4, -0.2) is 29.9 Å². The molecule has 2 N–H and O–H groups in total. The molecule has 2 rings (SSSR count). The number of hydrogen-bond acceptors (Lipinski definition) is 2. The molecule has 3 nitrogen and oxygen atoms in total. The van der Waals surface area contributed by atoms with Crippen molar-refractivity contribution >= 4 is 18.3 Å². The molecular formula is C14H19ClF2N2O. The monoisotopic (exact) mass is 304 g/mol. The molecule has 1 aliphatic heterocycles. The van der Waals surface area contributed by atoms with Crippen molar-refractivity contribution in [2.45, 2.75) is 25.8 Å². The van der Waals surface area contributed by atoms with Gasteiger partial charge in [0.1, 0.15) is 11.6 Å². The Hall–Kier alpha value is -1.20. The molecule has 1 fully saturated rings. The molecule has 1 aromatic rings. The number of benzene rings is 1. The lowest BCUT2D eigenvalue weighted by Crippen LogP contribution is -2.33. The summed E-state index contributed by atoms with van der Waals surface area (Å²) in [5, 5.41) is 0. The number of hydrogen-bond donors (Lipinski definition) is 1. The second kappa shape index (κ2) is 6.99. The number of nitrogens with zero attached hydrogens (tertiary/aromatic N) is 1. The molecule has 2 atom stereocenters. The van der Waals surface area contributed by atoms with Crippen LogP contribution in [0.3, 0.4) is 0 Å². The number of carbonyl (C=O) groups is 1. The van der Waals surface area contributed by atoms with E-state index in [9.17, 15) is 13.6 Å². The second-order valence-electron chi connectivity index (χ2n) is 5.16. The van der Waals surface area contributed by atoms with Crippen molar-refractivity contribution in [1.82, 2.24) is 4.90 Å². The van der Waals surface area contributed by atoms with E-state index in [1.165, 1.54) is 12.1 Å². The molecule has 0 aromatic heterocycles. The van der Waals surface area contributed by atoms with Gasteiger partial charge in [-0.15, -0.1) is 12.4 Å². The van der Waals surface area contributed by atoms with Gasteiger partial charge in [0.2, 0.25) is 5.91 Å². The van der Waals surface area contributed by atoms with Crippen LogP contribution in [0.25, 0.3) is 0 Å². The molecule has 112 valence electrons. The Morgan fingerprint density at radius 1 is 1.50 bits per heavy atom. The van der Waals surface area contributed by atoms with E-state index in [-0.39, 0.29) is 36.3 Å². The fourth-order valence-electron chi connectivity index (χ4n) is 2.38. The molecule has 1 amide bonds. The van der Waals surface area contributed by atoms with Crippen molar-refractivity contribution < 1.29 is 13.6 Å². The van der Waals surface area contributed by atoms with E-state index in [1.807, 2.05) is 6.92 Å². The number of amides is 1. The summed E-state index contributed by atoms with van der Waals surface area (Å²) in [6.45, 7) is 3.21. The van der Waals surface area contributed by atoms with Gasteiger partial charge in [0.15, 0.2) is 0 Å². The summed E-state index contributed by atoms with van der Waals surface area (Å²) in [7, 11) is 0. The highest BCUT2D eigenvalue weighted by molar-refractivity contribution is 5.85. The van der Waals surface area contributed by atoms with Gasteiger partial charge in [0.05, 0.1) is 6.42 Å². The third kappa shape index (κ3) is 3.90. The van der Waals surface area contributed by atoms with Gasteiger partial charge in [0, 0.05) is 25.2 Å². The Morgan fingerprint density at radius 3 is 2.75 bits per heavy atom. The summed E-state index contributed by atoms with van der Waals surface area (Å²) >= 11 is 0. The molecule has 1 saturated heterocycles. The molecule has 1 heterocycles. The van der Waals surface area contributed by atoms with Crippen LogP contribution in [-0.2, 0) is 11.2 Å². The number of carbonyl (C=O) groups excluding carboxylic acids is 1. The normalized spacial score (nSPS) is 19.6. The maximum Gasteiger partial charge on any atom is 0.227 e. The molecule has 6 heteroatoms. The largest absolute Gasteiger partial charge is 0.342 e. The van der Waals surface area contributed by atoms with Crippen molar-refractivity contribution in [1.29, 1.82) is 0 Å². The average molecular weight is 305 g/mol. The smallest absolute Gasteiger partial charge is 0.227 e. The number of likely N-dealkylation sites (tertiary alicyclic amines) is 1. The van der Waals surface area contributed by atoms with Crippen molar-refractivity contribution in [2.24, 2.45) is 11.7 Å². The lowest BCUT2D eigenvalue weighted by atomic mass is 10.0. The van der Waals surface area contributed by atoms with Crippen molar-refractivity contribution in [2.75, 3.05) is 13.1 Å². The first kappa shape index (κ1) is 16.9. The predicted octanol–water partition coefficient (Wildman–Crippen LogP) is 2.12. The van der Waals surface area contributed by atoms with Crippen molar-refractivity contribution in [3.8, 4) is 0 Å². The Morgan fingerprint density at radius 2 is 2.20 bits per heavy atom. The summed E-state index contributed by atoms with van der Waals surface area (Å²) < 4.78 is 26.2. The fraction of sp³-hybridized carbons (Fsp3) is 0.500. The molecular weight excluding hydrogens is 286 g/mol. The molecule has 2 unspecified atom stereocenters. The van der Waals surface area contributed by atoms with E-state index in [0.717, 1.165) is 12.5 Å². The van der Waals surface area contributed by atoms with Gasteiger partial charge in [-0.1, -0.05) is 6.07 Å². The first-order valence-electron chi connectivity index (χ1n) is 6.44. The highest BCUT2D eigenvalue weighted by Gasteiger charge is 2.28. The molecule has 1 aliphatic rings. The lowest BCUT2D eigenvalue weighted by molar-refractivity contribution is -0.129. The van der Waals surface area contributed by atoms with Crippen LogP contribution in [0.2, 0.25) is 0 Å². The van der Waals surface area contributed by atoms with Crippen LogP contribution in [0.15, 0.2) is 18.2 Å². The van der Waals surface area contributed by atoms with Gasteiger partial charge in [-0.05, 0) is 30.9 Å². The summed E-state index contributed by atoms with van der Waals surface area (Å²) in [4.78, 5) is 13.7. The summed E-state index contributed by atoms with van der Waals surface area (Å²) in [6.07, 6.45) is 0.854. The first-order valence-corrected chi connectivity index (χ1v) is 6.44. The van der Waals surface area contributed by atoms with Crippen LogP contribution < -0.4 is 5.73 Å². The summed E-state index contributed by atoms with van der Waals surface area (Å²) in [5.74, 6) is -1.13. The van der Waals surface area contributed by atoms with Crippen LogP contribution in [0.4, 0.5) is 8.78 Å². The number of nitrogens with two attached hydrogens (primary N) is 1. The zero-order valence-electron chi connectivity index (χ0n) is 11.3. The standard InChI is InChI=1S/C14H18F2N2O.ClH/c1-9(17)11-4-5-18(8-11)14(19)6-10-2-3-12(15)7-13(10)16;/h2-3,7,9,11H,4-6,8,17H2,1H3;1H. The average Bonchev–Trinajstić information content (AvgIpc) is 2.82. The lowest BCUT2D eigenvalue weighted by Gasteiger charge is -2.18. The zero-order valence-corrected chi connectivity index (χ0v) is 12.1. The van der Waals surface area contributed by atoms with Crippen molar-refractivity contribution in [3.63, 3.8) is 0 Å². The molecule has 0 bridgehead atoms. The molecule has 0 spiro atoms. The van der Waals surface area contributed by atoms with Crippen LogP contribution in [0, 0.1) is 17.6 Å². The molecule has 0 saturated carbocycles. The highest BCUT2D eigenvalue weighted by atomic mass is 35.5. The van der Waals surface area contributed by atoms with E-state index < -0.39 is 11.6 Å². The van der Waals surface area contributed by atoms with Crippen LogP contribution in [0.1, 0.15) is 18.9 Å². The van der Waals surface area contributed by atoms with E-state index in [1.54, 1.807) is 4.90 Å². The van der Waals surface area contributed by atoms with Gasteiger partial charge < -0.3 is 10.6 Å².